The van der Waals surface area contributed by atoms with Crippen LogP contribution in [-0.2, 0) is 6.54 Å². The minimum Gasteiger partial charge on any atom is -0.337 e. The highest BCUT2D eigenvalue weighted by atomic mass is 32.1. The number of fused-ring (bicyclic) bond motifs is 6. The molecular formula is C67H46N2S. The van der Waals surface area contributed by atoms with Crippen LogP contribution in [0.3, 0.4) is 0 Å². The van der Waals surface area contributed by atoms with Crippen LogP contribution in [0.25, 0.3) is 103 Å². The van der Waals surface area contributed by atoms with Gasteiger partial charge in [-0.25, -0.2) is 0 Å². The molecule has 330 valence electrons. The molecule has 0 aliphatic carbocycles. The van der Waals surface area contributed by atoms with Crippen LogP contribution in [0.1, 0.15) is 5.56 Å². The molecule has 0 fully saturated rings. The van der Waals surface area contributed by atoms with E-state index < -0.39 is 0 Å². The molecule has 0 unspecified atom stereocenters. The lowest BCUT2D eigenvalue weighted by Gasteiger charge is -2.27. The number of nitrogens with zero attached hydrogens (tertiary/aromatic N) is 2. The van der Waals surface area contributed by atoms with Crippen molar-refractivity contribution in [3.63, 3.8) is 0 Å². The Morgan fingerprint density at radius 3 is 1.46 bits per heavy atom. The molecule has 0 spiro atoms. The molecule has 2 heterocycles. The summed E-state index contributed by atoms with van der Waals surface area (Å²) in [5, 5.41) is 5.13. The molecule has 0 saturated heterocycles. The number of hydrogen-bond acceptors (Lipinski definition) is 2. The van der Waals surface area contributed by atoms with E-state index in [-0.39, 0.29) is 0 Å². The number of anilines is 2. The van der Waals surface area contributed by atoms with Gasteiger partial charge in [0.2, 0.25) is 0 Å². The molecule has 13 rings (SSSR count). The monoisotopic (exact) mass is 910 g/mol. The van der Waals surface area contributed by atoms with Gasteiger partial charge in [-0.05, 0) is 128 Å². The van der Waals surface area contributed by atoms with Gasteiger partial charge in [0.1, 0.15) is 0 Å². The molecule has 0 amide bonds. The maximum Gasteiger partial charge on any atom is 0.0547 e. The molecule has 0 atom stereocenters. The van der Waals surface area contributed by atoms with Crippen LogP contribution in [0.15, 0.2) is 267 Å². The van der Waals surface area contributed by atoms with Crippen molar-refractivity contribution in [1.82, 2.24) is 4.57 Å². The van der Waals surface area contributed by atoms with Gasteiger partial charge in [-0.1, -0.05) is 200 Å². The summed E-state index contributed by atoms with van der Waals surface area (Å²) in [7, 11) is 0. The summed E-state index contributed by atoms with van der Waals surface area (Å²) in [6.45, 7) is 0.684. The third kappa shape index (κ3) is 7.54. The maximum absolute atomic E-state index is 2.45. The number of para-hydroxylation sites is 1. The van der Waals surface area contributed by atoms with Crippen LogP contribution in [0.4, 0.5) is 11.4 Å². The van der Waals surface area contributed by atoms with Crippen molar-refractivity contribution in [1.29, 1.82) is 0 Å². The molecule has 11 aromatic carbocycles. The van der Waals surface area contributed by atoms with Gasteiger partial charge in [0.05, 0.1) is 11.0 Å². The van der Waals surface area contributed by atoms with Crippen LogP contribution in [0.5, 0.6) is 0 Å². The second-order valence-electron chi connectivity index (χ2n) is 18.1. The normalized spacial score (nSPS) is 11.5. The van der Waals surface area contributed by atoms with Crippen LogP contribution < -0.4 is 4.90 Å². The molecule has 2 aromatic heterocycles. The summed E-state index contributed by atoms with van der Waals surface area (Å²) in [6.07, 6.45) is 0. The molecule has 13 aromatic rings. The molecule has 0 N–H and O–H groups in total. The fourth-order valence-corrected chi connectivity index (χ4v) is 11.6. The van der Waals surface area contributed by atoms with E-state index in [4.69, 9.17) is 0 Å². The number of hydrogen-bond donors (Lipinski definition) is 0. The Morgan fingerprint density at radius 2 is 0.786 bits per heavy atom. The van der Waals surface area contributed by atoms with E-state index in [1.807, 2.05) is 11.3 Å². The zero-order valence-electron chi connectivity index (χ0n) is 38.4. The zero-order chi connectivity index (χ0) is 46.4. The van der Waals surface area contributed by atoms with Crippen molar-refractivity contribution in [3.8, 4) is 61.3 Å². The third-order valence-electron chi connectivity index (χ3n) is 13.9. The van der Waals surface area contributed by atoms with Gasteiger partial charge in [0.25, 0.3) is 0 Å². The standard InChI is InChI=1S/C67H46N2S/c1-3-15-46(16-4-1)48-29-31-49(32-30-48)51-35-39-56(40-36-51)68(55-37-33-50(34-38-55)47-17-5-2-6-18-47)45-54-19-7-8-22-58(54)52-20-13-21-53(43-52)59-25-14-27-64-67(59)61-24-9-11-26-63(61)69(64)57-41-42-66-62(44-57)60-23-10-12-28-65(60)70-66/h1-44H,45H2. The van der Waals surface area contributed by atoms with E-state index in [0.29, 0.717) is 6.54 Å². The summed E-state index contributed by atoms with van der Waals surface area (Å²) in [4.78, 5) is 2.45. The smallest absolute Gasteiger partial charge is 0.0547 e. The molecule has 0 aliphatic rings. The highest BCUT2D eigenvalue weighted by Gasteiger charge is 2.19. The molecule has 2 nitrogen and oxygen atoms in total. The third-order valence-corrected chi connectivity index (χ3v) is 15.1. The van der Waals surface area contributed by atoms with Gasteiger partial charge in [-0.3, -0.25) is 0 Å². The molecule has 0 aliphatic heterocycles. The SMILES string of the molecule is c1ccc(-c2ccc(-c3ccc(N(Cc4ccccc4-c4cccc(-c5cccc6c5c5ccccc5n6-c5ccc6sc7ccccc7c6c5)c4)c4ccc(-c5ccccc5)cc4)cc3)cc2)cc1. The quantitative estimate of drug-likeness (QED) is 0.133. The predicted molar refractivity (Wildman–Crippen MR) is 300 cm³/mol. The average Bonchev–Trinajstić information content (AvgIpc) is 3.99. The Balaban J connectivity index is 0.873. The van der Waals surface area contributed by atoms with E-state index in [1.54, 1.807) is 0 Å². The fourth-order valence-electron chi connectivity index (χ4n) is 10.5. The Morgan fingerprint density at radius 1 is 0.314 bits per heavy atom. The van der Waals surface area contributed by atoms with E-state index in [9.17, 15) is 0 Å². The summed E-state index contributed by atoms with van der Waals surface area (Å²) in [5.74, 6) is 0. The lowest BCUT2D eigenvalue weighted by molar-refractivity contribution is 0.977. The Labute approximate surface area is 412 Å². The number of benzene rings is 11. The molecular weight excluding hydrogens is 865 g/mol. The van der Waals surface area contributed by atoms with Crippen molar-refractivity contribution in [3.05, 3.63) is 272 Å². The molecule has 3 heteroatoms. The van der Waals surface area contributed by atoms with Crippen LogP contribution in [-0.4, -0.2) is 4.57 Å². The van der Waals surface area contributed by atoms with Gasteiger partial charge in [-0.2, -0.15) is 0 Å². The van der Waals surface area contributed by atoms with Gasteiger partial charge in [0, 0.05) is 54.6 Å². The van der Waals surface area contributed by atoms with Crippen LogP contribution in [0, 0.1) is 0 Å². The van der Waals surface area contributed by atoms with Gasteiger partial charge < -0.3 is 9.47 Å². The first kappa shape index (κ1) is 41.4. The highest BCUT2D eigenvalue weighted by Crippen LogP contribution is 2.42. The molecule has 0 saturated carbocycles. The first-order valence-corrected chi connectivity index (χ1v) is 24.8. The van der Waals surface area contributed by atoms with Gasteiger partial charge >= 0.3 is 0 Å². The van der Waals surface area contributed by atoms with Crippen LogP contribution >= 0.6 is 11.3 Å². The van der Waals surface area contributed by atoms with Gasteiger partial charge in [0.15, 0.2) is 0 Å². The van der Waals surface area contributed by atoms with E-state index in [1.165, 1.54) is 109 Å². The van der Waals surface area contributed by atoms with Gasteiger partial charge in [-0.15, -0.1) is 11.3 Å². The van der Waals surface area contributed by atoms with Crippen molar-refractivity contribution >= 4 is 64.7 Å². The minimum atomic E-state index is 0.684. The number of thiophene rings is 1. The number of rotatable bonds is 10. The summed E-state index contributed by atoms with van der Waals surface area (Å²) >= 11 is 1.86. The topological polar surface area (TPSA) is 8.17 Å². The molecule has 0 radical (unpaired) electrons. The van der Waals surface area contributed by atoms with Crippen molar-refractivity contribution < 1.29 is 0 Å². The molecule has 70 heavy (non-hydrogen) atoms. The van der Waals surface area contributed by atoms with E-state index in [2.05, 4.69) is 276 Å². The van der Waals surface area contributed by atoms with E-state index in [0.717, 1.165) is 11.4 Å². The lowest BCUT2D eigenvalue weighted by Crippen LogP contribution is -2.17. The van der Waals surface area contributed by atoms with Crippen molar-refractivity contribution in [2.75, 3.05) is 4.90 Å². The average molecular weight is 911 g/mol. The fraction of sp³-hybridized carbons (Fsp3) is 0.0149. The Bertz CT molecular complexity index is 4000. The van der Waals surface area contributed by atoms with E-state index >= 15 is 0 Å². The predicted octanol–water partition coefficient (Wildman–Crippen LogP) is 18.8. The summed E-state index contributed by atoms with van der Waals surface area (Å²) in [6, 6.07) is 97.6. The molecule has 0 bridgehead atoms. The minimum absolute atomic E-state index is 0.684. The highest BCUT2D eigenvalue weighted by molar-refractivity contribution is 7.25. The lowest BCUT2D eigenvalue weighted by atomic mass is 9.93. The summed E-state index contributed by atoms with van der Waals surface area (Å²) < 4.78 is 5.09. The Kier molecular flexibility index (Phi) is 10.5. The number of aromatic nitrogens is 1. The first-order chi connectivity index (χ1) is 34.7. The van der Waals surface area contributed by atoms with Crippen molar-refractivity contribution in [2.24, 2.45) is 0 Å². The maximum atomic E-state index is 2.45. The second-order valence-corrected chi connectivity index (χ2v) is 19.1. The summed E-state index contributed by atoms with van der Waals surface area (Å²) in [5.41, 5.74) is 19.2. The first-order valence-electron chi connectivity index (χ1n) is 24.0. The van der Waals surface area contributed by atoms with Crippen LogP contribution in [0.2, 0.25) is 0 Å². The zero-order valence-corrected chi connectivity index (χ0v) is 39.2. The Hall–Kier alpha value is -8.76. The largest absolute Gasteiger partial charge is 0.337 e. The van der Waals surface area contributed by atoms with Crippen molar-refractivity contribution in [2.45, 2.75) is 6.54 Å². The second kappa shape index (κ2) is 17.7.